The van der Waals surface area contributed by atoms with Crippen molar-refractivity contribution in [1.82, 2.24) is 24.5 Å². The van der Waals surface area contributed by atoms with Crippen LogP contribution in [0.5, 0.6) is 11.8 Å². The number of aromatic nitrogens is 5. The first kappa shape index (κ1) is 22.2. The van der Waals surface area contributed by atoms with Gasteiger partial charge in [-0.05, 0) is 56.7 Å². The molecule has 176 valence electrons. The number of anilines is 2. The van der Waals surface area contributed by atoms with Crippen LogP contribution in [0.4, 0.5) is 20.3 Å². The van der Waals surface area contributed by atoms with E-state index in [-0.39, 0.29) is 23.3 Å². The SMILES string of the molecule is Cc1ccnc(Oc2ccc(-n3c(-c4cc(F)c(N)cc4C)c(C)c4ncnc(N)c43)cc2F)n1. The minimum atomic E-state index is -0.645. The minimum absolute atomic E-state index is 0.0326. The van der Waals surface area contributed by atoms with Gasteiger partial charge in [0.05, 0.1) is 16.9 Å². The van der Waals surface area contributed by atoms with E-state index < -0.39 is 11.6 Å². The molecule has 0 aliphatic carbocycles. The van der Waals surface area contributed by atoms with Gasteiger partial charge in [-0.25, -0.2) is 28.7 Å². The number of halogens is 2. The Kier molecular flexibility index (Phi) is 5.28. The van der Waals surface area contributed by atoms with Gasteiger partial charge in [0.2, 0.25) is 0 Å². The number of fused-ring (bicyclic) bond motifs is 1. The molecular weight excluding hydrogens is 452 g/mol. The summed E-state index contributed by atoms with van der Waals surface area (Å²) in [5, 5.41) is 0. The third-order valence-electron chi connectivity index (χ3n) is 5.75. The Hall–Kier alpha value is -4.60. The van der Waals surface area contributed by atoms with Gasteiger partial charge in [0, 0.05) is 34.8 Å². The lowest BCUT2D eigenvalue weighted by Crippen LogP contribution is -2.04. The molecule has 0 radical (unpaired) electrons. The summed E-state index contributed by atoms with van der Waals surface area (Å²) >= 11 is 0. The van der Waals surface area contributed by atoms with Crippen molar-refractivity contribution in [3.8, 4) is 28.7 Å². The van der Waals surface area contributed by atoms with Crippen LogP contribution in [0.15, 0.2) is 48.9 Å². The van der Waals surface area contributed by atoms with Crippen molar-refractivity contribution in [2.45, 2.75) is 20.8 Å². The molecule has 0 aliphatic rings. The lowest BCUT2D eigenvalue weighted by atomic mass is 10.0. The van der Waals surface area contributed by atoms with Crippen molar-refractivity contribution in [3.05, 3.63) is 77.4 Å². The maximum absolute atomic E-state index is 15.2. The number of aryl methyl sites for hydroxylation is 3. The van der Waals surface area contributed by atoms with E-state index in [1.54, 1.807) is 29.7 Å². The Bertz CT molecular complexity index is 1610. The Labute approximate surface area is 199 Å². The van der Waals surface area contributed by atoms with Gasteiger partial charge < -0.3 is 20.8 Å². The van der Waals surface area contributed by atoms with E-state index in [2.05, 4.69) is 19.9 Å². The van der Waals surface area contributed by atoms with E-state index in [9.17, 15) is 4.39 Å². The summed E-state index contributed by atoms with van der Waals surface area (Å²) in [6.45, 7) is 5.45. The van der Waals surface area contributed by atoms with Crippen molar-refractivity contribution in [3.63, 3.8) is 0 Å². The van der Waals surface area contributed by atoms with Crippen LogP contribution in [-0.2, 0) is 0 Å². The second kappa shape index (κ2) is 8.32. The molecule has 0 saturated heterocycles. The number of hydrogen-bond donors (Lipinski definition) is 2. The van der Waals surface area contributed by atoms with Gasteiger partial charge in [0.15, 0.2) is 17.4 Å². The minimum Gasteiger partial charge on any atom is -0.421 e. The highest BCUT2D eigenvalue weighted by Crippen LogP contribution is 2.39. The van der Waals surface area contributed by atoms with E-state index >= 15 is 4.39 Å². The molecule has 5 aromatic rings. The van der Waals surface area contributed by atoms with Gasteiger partial charge in [0.25, 0.3) is 0 Å². The predicted octanol–water partition coefficient (Wildman–Crippen LogP) is 5.04. The standard InChI is InChI=1S/C25H21F2N7O/c1-12-8-19(28)17(26)10-16(12)22-14(3)21-23(24(29)32-11-31-21)34(22)15-4-5-20(18(27)9-15)35-25-30-7-6-13(2)33-25/h4-11H,28H2,1-3H3,(H2,29,31,32). The van der Waals surface area contributed by atoms with Crippen LogP contribution in [-0.4, -0.2) is 24.5 Å². The van der Waals surface area contributed by atoms with Crippen LogP contribution in [0.25, 0.3) is 28.0 Å². The van der Waals surface area contributed by atoms with Crippen molar-refractivity contribution in [1.29, 1.82) is 0 Å². The molecule has 0 unspecified atom stereocenters. The number of nitrogens with two attached hydrogens (primary N) is 2. The first-order valence-corrected chi connectivity index (χ1v) is 10.7. The summed E-state index contributed by atoms with van der Waals surface area (Å²) in [6.07, 6.45) is 2.89. The molecule has 0 fully saturated rings. The van der Waals surface area contributed by atoms with Gasteiger partial charge in [-0.15, -0.1) is 0 Å². The van der Waals surface area contributed by atoms with E-state index in [4.69, 9.17) is 16.2 Å². The summed E-state index contributed by atoms with van der Waals surface area (Å²) in [4.78, 5) is 16.6. The lowest BCUT2D eigenvalue weighted by molar-refractivity contribution is 0.410. The summed E-state index contributed by atoms with van der Waals surface area (Å²) in [6, 6.07) is 9.08. The monoisotopic (exact) mass is 473 g/mol. The topological polar surface area (TPSA) is 118 Å². The molecule has 3 heterocycles. The summed E-state index contributed by atoms with van der Waals surface area (Å²) in [7, 11) is 0. The average Bonchev–Trinajstić information content (AvgIpc) is 3.11. The van der Waals surface area contributed by atoms with E-state index in [0.29, 0.717) is 33.7 Å². The van der Waals surface area contributed by atoms with Crippen LogP contribution in [0.1, 0.15) is 16.8 Å². The van der Waals surface area contributed by atoms with Crippen LogP contribution in [0.2, 0.25) is 0 Å². The van der Waals surface area contributed by atoms with Crippen molar-refractivity contribution >= 4 is 22.5 Å². The van der Waals surface area contributed by atoms with Gasteiger partial charge in [-0.3, -0.25) is 0 Å². The largest absolute Gasteiger partial charge is 0.421 e. The van der Waals surface area contributed by atoms with Crippen LogP contribution < -0.4 is 16.2 Å². The fourth-order valence-corrected chi connectivity index (χ4v) is 4.10. The molecule has 0 atom stereocenters. The molecule has 4 N–H and O–H groups in total. The third kappa shape index (κ3) is 3.78. The van der Waals surface area contributed by atoms with Crippen molar-refractivity contribution in [2.75, 3.05) is 11.5 Å². The smallest absolute Gasteiger partial charge is 0.322 e. The summed E-state index contributed by atoms with van der Waals surface area (Å²) in [5.41, 5.74) is 16.8. The maximum atomic E-state index is 15.2. The zero-order valence-corrected chi connectivity index (χ0v) is 19.2. The molecule has 0 spiro atoms. The second-order valence-corrected chi connectivity index (χ2v) is 8.15. The lowest BCUT2D eigenvalue weighted by Gasteiger charge is -2.16. The number of nitrogens with zero attached hydrogens (tertiary/aromatic N) is 5. The second-order valence-electron chi connectivity index (χ2n) is 8.15. The highest BCUT2D eigenvalue weighted by atomic mass is 19.1. The first-order valence-electron chi connectivity index (χ1n) is 10.7. The molecule has 8 nitrogen and oxygen atoms in total. The van der Waals surface area contributed by atoms with Crippen LogP contribution in [0, 0.1) is 32.4 Å². The molecule has 35 heavy (non-hydrogen) atoms. The Balaban J connectivity index is 1.73. The molecule has 2 aromatic carbocycles. The number of hydrogen-bond acceptors (Lipinski definition) is 7. The Morgan fingerprint density at radius 1 is 0.914 bits per heavy atom. The fourth-order valence-electron chi connectivity index (χ4n) is 4.10. The first-order chi connectivity index (χ1) is 16.7. The molecule has 3 aromatic heterocycles. The van der Waals surface area contributed by atoms with Gasteiger partial charge in [-0.2, -0.15) is 0 Å². The number of rotatable bonds is 4. The van der Waals surface area contributed by atoms with Gasteiger partial charge in [0.1, 0.15) is 17.7 Å². The Morgan fingerprint density at radius 2 is 1.71 bits per heavy atom. The third-order valence-corrected chi connectivity index (χ3v) is 5.75. The molecular formula is C25H21F2N7O. The highest BCUT2D eigenvalue weighted by molar-refractivity contribution is 5.96. The highest BCUT2D eigenvalue weighted by Gasteiger charge is 2.23. The maximum Gasteiger partial charge on any atom is 0.322 e. The summed E-state index contributed by atoms with van der Waals surface area (Å²) < 4.78 is 37.0. The van der Waals surface area contributed by atoms with Crippen molar-refractivity contribution in [2.24, 2.45) is 0 Å². The zero-order chi connectivity index (χ0) is 24.9. The van der Waals surface area contributed by atoms with E-state index in [1.807, 2.05) is 13.8 Å². The van der Waals surface area contributed by atoms with E-state index in [0.717, 1.165) is 11.1 Å². The quantitative estimate of drug-likeness (QED) is 0.351. The van der Waals surface area contributed by atoms with Crippen LogP contribution >= 0.6 is 0 Å². The fraction of sp³-hybridized carbons (Fsp3) is 0.120. The molecule has 0 amide bonds. The molecule has 0 aliphatic heterocycles. The average molecular weight is 473 g/mol. The number of nitrogen functional groups attached to an aromatic ring is 2. The number of benzene rings is 2. The molecule has 5 rings (SSSR count). The van der Waals surface area contributed by atoms with Gasteiger partial charge >= 0.3 is 6.01 Å². The zero-order valence-electron chi connectivity index (χ0n) is 19.2. The molecule has 0 saturated carbocycles. The molecule has 10 heteroatoms. The summed E-state index contributed by atoms with van der Waals surface area (Å²) in [5.74, 6) is -1.05. The van der Waals surface area contributed by atoms with Gasteiger partial charge in [-0.1, -0.05) is 0 Å². The Morgan fingerprint density at radius 3 is 2.46 bits per heavy atom. The number of ether oxygens (including phenoxy) is 1. The van der Waals surface area contributed by atoms with Crippen LogP contribution in [0.3, 0.4) is 0 Å². The predicted molar refractivity (Wildman–Crippen MR) is 129 cm³/mol. The molecule has 0 bridgehead atoms. The van der Waals surface area contributed by atoms with E-state index in [1.165, 1.54) is 30.7 Å². The normalized spacial score (nSPS) is 11.2. The van der Waals surface area contributed by atoms with Crippen molar-refractivity contribution < 1.29 is 13.5 Å².